The smallest absolute Gasteiger partial charge is 0.244 e. The van der Waals surface area contributed by atoms with Gasteiger partial charge in [-0.15, -0.1) is 0 Å². The first kappa shape index (κ1) is 22.8. The third kappa shape index (κ3) is 2.80. The Morgan fingerprint density at radius 1 is 1.06 bits per heavy atom. The number of methoxy groups -OCH3 is 1. The number of hydrogen-bond donors (Lipinski definition) is 2. The zero-order valence-corrected chi connectivity index (χ0v) is 18.7. The molecule has 4 atom stereocenters. The van der Waals surface area contributed by atoms with E-state index in [-0.39, 0.29) is 5.91 Å². The van der Waals surface area contributed by atoms with Crippen molar-refractivity contribution in [1.82, 2.24) is 0 Å². The van der Waals surface area contributed by atoms with Crippen molar-refractivity contribution in [3.05, 3.63) is 59.7 Å². The minimum atomic E-state index is -2.07. The third-order valence-electron chi connectivity index (χ3n) is 6.69. The predicted octanol–water partition coefficient (Wildman–Crippen LogP) is 3.77. The molecule has 2 aromatic carbocycles. The van der Waals surface area contributed by atoms with E-state index in [1.54, 1.807) is 55.5 Å². The second-order valence-corrected chi connectivity index (χ2v) is 8.30. The third-order valence-corrected chi connectivity index (χ3v) is 6.69. The summed E-state index contributed by atoms with van der Waals surface area (Å²) in [6.07, 6.45) is -1.23. The fourth-order valence-electron chi connectivity index (χ4n) is 4.94. The summed E-state index contributed by atoms with van der Waals surface area (Å²) in [6, 6.07) is 19.4. The summed E-state index contributed by atoms with van der Waals surface area (Å²) in [7, 11) is 1.53. The van der Waals surface area contributed by atoms with Crippen molar-refractivity contribution in [3.8, 4) is 24.0 Å². The lowest BCUT2D eigenvalue weighted by Crippen LogP contribution is -2.57. The molecule has 2 heterocycles. The number of amides is 1. The van der Waals surface area contributed by atoms with Gasteiger partial charge in [0, 0.05) is 18.2 Å². The van der Waals surface area contributed by atoms with Crippen LogP contribution < -0.4 is 10.1 Å². The maximum absolute atomic E-state index is 11.4. The molecule has 2 aliphatic rings. The van der Waals surface area contributed by atoms with E-state index in [4.69, 9.17) is 19.6 Å². The van der Waals surface area contributed by atoms with Gasteiger partial charge in [-0.1, -0.05) is 19.1 Å². The molecule has 2 bridgehead atoms. The van der Waals surface area contributed by atoms with Crippen LogP contribution in [0.3, 0.4) is 0 Å². The van der Waals surface area contributed by atoms with Crippen LogP contribution in [0.1, 0.15) is 31.1 Å². The normalized spacial score (nSPS) is 28.5. The van der Waals surface area contributed by atoms with Crippen LogP contribution in [0.5, 0.6) is 5.75 Å². The number of hydrogen-bond acceptors (Lipinski definition) is 8. The van der Waals surface area contributed by atoms with Gasteiger partial charge in [0.1, 0.15) is 11.9 Å². The molecule has 2 fully saturated rings. The standard InChI is InChI=1S/C25H21N5O4/c1-15-24(14-28)22(29)34-25(15,18-6-10-20(32-3)11-7-18)33-21(23(24,12-26)13-27)17-4-8-19(9-5-17)30-16(2)31/h4-11,15,21,29H,1-3H3,(H,30,31). The average molecular weight is 455 g/mol. The molecule has 0 radical (unpaired) electrons. The van der Waals surface area contributed by atoms with E-state index in [1.807, 2.05) is 12.1 Å². The van der Waals surface area contributed by atoms with Crippen LogP contribution in [0.25, 0.3) is 0 Å². The Bertz CT molecular complexity index is 1270. The summed E-state index contributed by atoms with van der Waals surface area (Å²) in [5.74, 6) is -2.59. The van der Waals surface area contributed by atoms with Gasteiger partial charge in [0.05, 0.1) is 31.2 Å². The van der Waals surface area contributed by atoms with E-state index in [9.17, 15) is 20.6 Å². The molecule has 2 N–H and O–H groups in total. The monoisotopic (exact) mass is 455 g/mol. The minimum absolute atomic E-state index is 0.249. The number of ether oxygens (including phenoxy) is 3. The molecule has 9 heteroatoms. The van der Waals surface area contributed by atoms with Gasteiger partial charge in [-0.3, -0.25) is 10.2 Å². The SMILES string of the molecule is COc1ccc(C23OC(=N)C(C#N)(C2C)C(C#N)(C#N)C(c2ccc(NC(C)=O)cc2)O3)cc1. The second-order valence-electron chi connectivity index (χ2n) is 8.30. The Balaban J connectivity index is 1.93. The summed E-state index contributed by atoms with van der Waals surface area (Å²) in [5.41, 5.74) is -2.49. The average Bonchev–Trinajstić information content (AvgIpc) is 3.00. The fraction of sp³-hybridized carbons (Fsp3) is 0.320. The number of nitrogens with one attached hydrogen (secondary N) is 2. The summed E-state index contributed by atoms with van der Waals surface area (Å²) in [6.45, 7) is 3.03. The van der Waals surface area contributed by atoms with Gasteiger partial charge in [-0.25, -0.2) is 0 Å². The van der Waals surface area contributed by atoms with Gasteiger partial charge < -0.3 is 19.5 Å². The molecule has 2 aromatic rings. The zero-order chi connectivity index (χ0) is 24.7. The summed E-state index contributed by atoms with van der Waals surface area (Å²) < 4.78 is 17.6. The van der Waals surface area contributed by atoms with Crippen molar-refractivity contribution in [3.63, 3.8) is 0 Å². The molecule has 0 aliphatic carbocycles. The van der Waals surface area contributed by atoms with Crippen LogP contribution in [-0.4, -0.2) is 18.9 Å². The predicted molar refractivity (Wildman–Crippen MR) is 119 cm³/mol. The van der Waals surface area contributed by atoms with Crippen molar-refractivity contribution in [1.29, 1.82) is 21.2 Å². The first-order valence-electron chi connectivity index (χ1n) is 10.5. The summed E-state index contributed by atoms with van der Waals surface area (Å²) in [5, 5.41) is 42.2. The Morgan fingerprint density at radius 3 is 2.18 bits per heavy atom. The number of nitriles is 3. The van der Waals surface area contributed by atoms with E-state index < -0.39 is 34.5 Å². The number of benzene rings is 2. The quantitative estimate of drug-likeness (QED) is 0.712. The highest BCUT2D eigenvalue weighted by Gasteiger charge is 2.79. The summed E-state index contributed by atoms with van der Waals surface area (Å²) >= 11 is 0. The molecule has 170 valence electrons. The van der Waals surface area contributed by atoms with Crippen LogP contribution in [0.4, 0.5) is 5.69 Å². The van der Waals surface area contributed by atoms with Gasteiger partial charge in [0.25, 0.3) is 0 Å². The van der Waals surface area contributed by atoms with E-state index in [0.717, 1.165) is 0 Å². The Hall–Kier alpha value is -4.39. The number of fused-ring (bicyclic) bond motifs is 2. The van der Waals surface area contributed by atoms with Crippen LogP contribution in [0, 0.1) is 56.2 Å². The van der Waals surface area contributed by atoms with E-state index in [0.29, 0.717) is 22.6 Å². The second kappa shape index (κ2) is 7.88. The maximum Gasteiger partial charge on any atom is 0.244 e. The fourth-order valence-corrected chi connectivity index (χ4v) is 4.94. The van der Waals surface area contributed by atoms with Crippen molar-refractivity contribution in [2.75, 3.05) is 12.4 Å². The molecule has 34 heavy (non-hydrogen) atoms. The van der Waals surface area contributed by atoms with Gasteiger partial charge in [0.2, 0.25) is 23.0 Å². The largest absolute Gasteiger partial charge is 0.497 e. The molecule has 0 spiro atoms. The molecule has 2 aliphatic heterocycles. The molecule has 0 saturated carbocycles. The highest BCUT2D eigenvalue weighted by Crippen LogP contribution is 2.69. The number of carbonyl (C=O) groups is 1. The number of rotatable bonds is 4. The number of carbonyl (C=O) groups excluding carboxylic acids is 1. The molecule has 4 unspecified atom stereocenters. The lowest BCUT2D eigenvalue weighted by atomic mass is 9.53. The van der Waals surface area contributed by atoms with E-state index >= 15 is 0 Å². The van der Waals surface area contributed by atoms with Gasteiger partial charge in [-0.05, 0) is 42.0 Å². The topological polar surface area (TPSA) is 152 Å². The van der Waals surface area contributed by atoms with E-state index in [1.165, 1.54) is 14.0 Å². The maximum atomic E-state index is 11.4. The van der Waals surface area contributed by atoms with Crippen molar-refractivity contribution >= 4 is 17.5 Å². The Morgan fingerprint density at radius 2 is 1.68 bits per heavy atom. The summed E-state index contributed by atoms with van der Waals surface area (Å²) in [4.78, 5) is 11.4. The van der Waals surface area contributed by atoms with Crippen molar-refractivity contribution < 1.29 is 19.0 Å². The molecule has 9 nitrogen and oxygen atoms in total. The molecular formula is C25H21N5O4. The lowest BCUT2D eigenvalue weighted by molar-refractivity contribution is -0.288. The van der Waals surface area contributed by atoms with Crippen molar-refractivity contribution in [2.45, 2.75) is 25.7 Å². The van der Waals surface area contributed by atoms with Crippen LogP contribution in [0.15, 0.2) is 48.5 Å². The highest BCUT2D eigenvalue weighted by molar-refractivity contribution is 5.90. The van der Waals surface area contributed by atoms with Gasteiger partial charge in [0.15, 0.2) is 5.41 Å². The lowest BCUT2D eigenvalue weighted by Gasteiger charge is -2.48. The molecule has 1 amide bonds. The zero-order valence-electron chi connectivity index (χ0n) is 18.7. The Labute approximate surface area is 196 Å². The number of nitrogens with zero attached hydrogens (tertiary/aromatic N) is 3. The first-order chi connectivity index (χ1) is 16.2. The van der Waals surface area contributed by atoms with E-state index in [2.05, 4.69) is 11.4 Å². The van der Waals surface area contributed by atoms with Gasteiger partial charge in [-0.2, -0.15) is 15.8 Å². The number of anilines is 1. The van der Waals surface area contributed by atoms with Crippen LogP contribution in [-0.2, 0) is 20.1 Å². The molecule has 4 rings (SSSR count). The van der Waals surface area contributed by atoms with Gasteiger partial charge >= 0.3 is 0 Å². The van der Waals surface area contributed by atoms with Crippen LogP contribution >= 0.6 is 0 Å². The van der Waals surface area contributed by atoms with Crippen LogP contribution in [0.2, 0.25) is 0 Å². The van der Waals surface area contributed by atoms with Crippen molar-refractivity contribution in [2.24, 2.45) is 16.7 Å². The minimum Gasteiger partial charge on any atom is -0.497 e. The molecule has 2 saturated heterocycles. The first-order valence-corrected chi connectivity index (χ1v) is 10.5. The molecular weight excluding hydrogens is 434 g/mol. The molecule has 0 aromatic heterocycles. The highest BCUT2D eigenvalue weighted by atomic mass is 16.7. The Kier molecular flexibility index (Phi) is 5.28.